The Labute approximate surface area is 178 Å². The number of aromatic nitrogens is 2. The molecule has 0 saturated heterocycles. The second-order valence-corrected chi connectivity index (χ2v) is 7.97. The molecule has 0 amide bonds. The molecule has 1 N–H and O–H groups in total. The van der Waals surface area contributed by atoms with Crippen LogP contribution in [0.1, 0.15) is 11.4 Å². The number of rotatable bonds is 3. The van der Waals surface area contributed by atoms with Crippen molar-refractivity contribution in [3.05, 3.63) is 97.4 Å². The van der Waals surface area contributed by atoms with Gasteiger partial charge in [-0.3, -0.25) is 9.36 Å². The van der Waals surface area contributed by atoms with Crippen LogP contribution in [0.4, 0.5) is 0 Å². The Morgan fingerprint density at radius 2 is 1.61 bits per heavy atom. The predicted octanol–water partition coefficient (Wildman–Crippen LogP) is 5.79. The van der Waals surface area contributed by atoms with E-state index in [-0.39, 0.29) is 11.3 Å². The molecular formula is C22H14Br2N2O2. The van der Waals surface area contributed by atoms with Gasteiger partial charge in [0.15, 0.2) is 0 Å². The summed E-state index contributed by atoms with van der Waals surface area (Å²) in [6.07, 6.45) is 3.48. The highest BCUT2D eigenvalue weighted by atomic mass is 79.9. The fraction of sp³-hybridized carbons (Fsp3) is 0. The first kappa shape index (κ1) is 18.7. The summed E-state index contributed by atoms with van der Waals surface area (Å²) in [4.78, 5) is 17.9. The maximum absolute atomic E-state index is 13.2. The van der Waals surface area contributed by atoms with E-state index >= 15 is 0 Å². The highest BCUT2D eigenvalue weighted by molar-refractivity contribution is 9.10. The number of nitrogens with zero attached hydrogens (tertiary/aromatic N) is 2. The van der Waals surface area contributed by atoms with Gasteiger partial charge in [-0.1, -0.05) is 44.0 Å². The first-order valence-corrected chi connectivity index (χ1v) is 10.1. The Morgan fingerprint density at radius 3 is 2.39 bits per heavy atom. The van der Waals surface area contributed by atoms with Crippen LogP contribution in [0.2, 0.25) is 0 Å². The van der Waals surface area contributed by atoms with Crippen molar-refractivity contribution in [1.29, 1.82) is 0 Å². The number of aromatic hydroxyl groups is 1. The number of hydrogen-bond donors (Lipinski definition) is 1. The van der Waals surface area contributed by atoms with E-state index in [1.54, 1.807) is 41.0 Å². The molecule has 0 bridgehead atoms. The van der Waals surface area contributed by atoms with Crippen molar-refractivity contribution in [1.82, 2.24) is 9.55 Å². The Hall–Kier alpha value is -2.70. The van der Waals surface area contributed by atoms with Crippen molar-refractivity contribution < 1.29 is 5.11 Å². The summed E-state index contributed by atoms with van der Waals surface area (Å²) in [5, 5.41) is 10.6. The molecule has 0 saturated carbocycles. The van der Waals surface area contributed by atoms with E-state index in [0.717, 1.165) is 8.95 Å². The molecule has 0 unspecified atom stereocenters. The molecule has 4 rings (SSSR count). The number of halogens is 2. The van der Waals surface area contributed by atoms with Gasteiger partial charge in [0, 0.05) is 14.5 Å². The number of fused-ring (bicyclic) bond motifs is 1. The molecule has 0 radical (unpaired) electrons. The summed E-state index contributed by atoms with van der Waals surface area (Å²) in [5.41, 5.74) is 1.81. The van der Waals surface area contributed by atoms with E-state index < -0.39 is 0 Å². The topological polar surface area (TPSA) is 55.1 Å². The van der Waals surface area contributed by atoms with Gasteiger partial charge in [0.05, 0.1) is 16.6 Å². The predicted molar refractivity (Wildman–Crippen MR) is 120 cm³/mol. The van der Waals surface area contributed by atoms with Crippen LogP contribution in [0.25, 0.3) is 28.7 Å². The van der Waals surface area contributed by atoms with Crippen molar-refractivity contribution in [2.24, 2.45) is 0 Å². The smallest absolute Gasteiger partial charge is 0.266 e. The minimum atomic E-state index is -0.147. The van der Waals surface area contributed by atoms with Gasteiger partial charge in [0.1, 0.15) is 11.6 Å². The summed E-state index contributed by atoms with van der Waals surface area (Å²) < 4.78 is 3.34. The van der Waals surface area contributed by atoms with Crippen LogP contribution in [0, 0.1) is 0 Å². The molecule has 0 atom stereocenters. The van der Waals surface area contributed by atoms with Gasteiger partial charge >= 0.3 is 0 Å². The summed E-state index contributed by atoms with van der Waals surface area (Å²) in [6, 6.07) is 19.9. The number of hydrogen-bond acceptors (Lipinski definition) is 3. The van der Waals surface area contributed by atoms with Gasteiger partial charge in [-0.05, 0) is 66.7 Å². The minimum Gasteiger partial charge on any atom is -0.507 e. The fourth-order valence-corrected chi connectivity index (χ4v) is 3.57. The van der Waals surface area contributed by atoms with E-state index in [4.69, 9.17) is 0 Å². The summed E-state index contributed by atoms with van der Waals surface area (Å²) in [5.74, 6) is 0.628. The van der Waals surface area contributed by atoms with Gasteiger partial charge in [0.2, 0.25) is 0 Å². The lowest BCUT2D eigenvalue weighted by Crippen LogP contribution is -2.22. The molecule has 138 valence electrons. The van der Waals surface area contributed by atoms with Crippen molar-refractivity contribution in [3.63, 3.8) is 0 Å². The lowest BCUT2D eigenvalue weighted by molar-refractivity contribution is 0.474. The zero-order valence-corrected chi connectivity index (χ0v) is 17.7. The summed E-state index contributed by atoms with van der Waals surface area (Å²) in [6.45, 7) is 0. The largest absolute Gasteiger partial charge is 0.507 e. The van der Waals surface area contributed by atoms with Gasteiger partial charge in [-0.25, -0.2) is 4.98 Å². The molecule has 0 aliphatic heterocycles. The van der Waals surface area contributed by atoms with Crippen LogP contribution < -0.4 is 5.56 Å². The van der Waals surface area contributed by atoms with E-state index in [2.05, 4.69) is 36.8 Å². The van der Waals surface area contributed by atoms with Crippen molar-refractivity contribution in [2.75, 3.05) is 0 Å². The number of benzene rings is 3. The van der Waals surface area contributed by atoms with Crippen LogP contribution in [0.3, 0.4) is 0 Å². The molecule has 0 aliphatic carbocycles. The standard InChI is InChI=1S/C22H14Br2N2O2/c23-15-6-9-17(10-7-15)26-21(12-5-14-13-16(24)8-11-20(14)27)25-19-4-2-1-3-18(19)22(26)28/h1-13,27H. The monoisotopic (exact) mass is 496 g/mol. The average Bonchev–Trinajstić information content (AvgIpc) is 2.70. The van der Waals surface area contributed by atoms with E-state index in [9.17, 15) is 9.90 Å². The van der Waals surface area contributed by atoms with Crippen molar-refractivity contribution in [2.45, 2.75) is 0 Å². The molecule has 0 fully saturated rings. The molecule has 0 spiro atoms. The lowest BCUT2D eigenvalue weighted by atomic mass is 10.2. The Bertz CT molecular complexity index is 1260. The number of phenols is 1. The number of phenolic OH excluding ortho intramolecular Hbond substituents is 1. The third-order valence-corrected chi connectivity index (χ3v) is 5.31. The third-order valence-electron chi connectivity index (χ3n) is 4.29. The minimum absolute atomic E-state index is 0.147. The second-order valence-electron chi connectivity index (χ2n) is 6.14. The van der Waals surface area contributed by atoms with Gasteiger partial charge in [-0.2, -0.15) is 0 Å². The van der Waals surface area contributed by atoms with Gasteiger partial charge in [0.25, 0.3) is 5.56 Å². The zero-order valence-electron chi connectivity index (χ0n) is 14.5. The SMILES string of the molecule is O=c1c2ccccc2nc(C=Cc2cc(Br)ccc2O)n1-c1ccc(Br)cc1. The van der Waals surface area contributed by atoms with Crippen LogP contribution in [-0.2, 0) is 0 Å². The van der Waals surface area contributed by atoms with E-state index in [1.165, 1.54) is 0 Å². The Balaban J connectivity index is 1.94. The highest BCUT2D eigenvalue weighted by Gasteiger charge is 2.11. The molecule has 1 heterocycles. The third kappa shape index (κ3) is 3.66. The molecule has 4 aromatic rings. The average molecular weight is 498 g/mol. The van der Waals surface area contributed by atoms with Gasteiger partial charge in [-0.15, -0.1) is 0 Å². The molecular weight excluding hydrogens is 484 g/mol. The van der Waals surface area contributed by atoms with E-state index in [1.807, 2.05) is 42.5 Å². The quantitative estimate of drug-likeness (QED) is 0.390. The zero-order chi connectivity index (χ0) is 19.7. The number of para-hydroxylation sites is 1. The lowest BCUT2D eigenvalue weighted by Gasteiger charge is -2.11. The maximum atomic E-state index is 13.2. The fourth-order valence-electron chi connectivity index (χ4n) is 2.92. The maximum Gasteiger partial charge on any atom is 0.266 e. The van der Waals surface area contributed by atoms with Crippen molar-refractivity contribution in [3.8, 4) is 11.4 Å². The normalized spacial score (nSPS) is 11.4. The summed E-state index contributed by atoms with van der Waals surface area (Å²) >= 11 is 6.83. The van der Waals surface area contributed by atoms with Gasteiger partial charge < -0.3 is 5.11 Å². The van der Waals surface area contributed by atoms with Crippen LogP contribution in [0.5, 0.6) is 5.75 Å². The van der Waals surface area contributed by atoms with Crippen LogP contribution in [-0.4, -0.2) is 14.7 Å². The Kier molecular flexibility index (Phi) is 5.15. The van der Waals surface area contributed by atoms with E-state index in [0.29, 0.717) is 28.0 Å². The second kappa shape index (κ2) is 7.73. The molecule has 0 aliphatic rings. The summed E-state index contributed by atoms with van der Waals surface area (Å²) in [7, 11) is 0. The molecule has 6 heteroatoms. The first-order valence-electron chi connectivity index (χ1n) is 8.47. The Morgan fingerprint density at radius 1 is 0.893 bits per heavy atom. The molecule has 3 aromatic carbocycles. The molecule has 1 aromatic heterocycles. The molecule has 4 nitrogen and oxygen atoms in total. The van der Waals surface area contributed by atoms with Crippen LogP contribution in [0.15, 0.2) is 80.5 Å². The molecule has 28 heavy (non-hydrogen) atoms. The van der Waals surface area contributed by atoms with Crippen LogP contribution >= 0.6 is 31.9 Å². The first-order chi connectivity index (χ1) is 13.5. The highest BCUT2D eigenvalue weighted by Crippen LogP contribution is 2.24. The van der Waals surface area contributed by atoms with Crippen molar-refractivity contribution >= 4 is 54.9 Å².